The summed E-state index contributed by atoms with van der Waals surface area (Å²) < 4.78 is 0. The van der Waals surface area contributed by atoms with E-state index in [9.17, 15) is 9.90 Å². The number of carbonyl (C=O) groups excluding carboxylic acids is 1. The van der Waals surface area contributed by atoms with Crippen LogP contribution in [-0.4, -0.2) is 47.2 Å². The molecule has 2 rings (SSSR count). The van der Waals surface area contributed by atoms with E-state index in [4.69, 9.17) is 0 Å². The molecule has 0 saturated carbocycles. The maximum absolute atomic E-state index is 12.2. The van der Waals surface area contributed by atoms with Crippen LogP contribution in [-0.2, 0) is 4.79 Å². The molecule has 0 aromatic heterocycles. The number of nitrogens with one attached hydrogen (secondary N) is 1. The number of rotatable bonds is 3. The largest absolute Gasteiger partial charge is 0.390 e. The second-order valence-electron chi connectivity index (χ2n) is 6.42. The van der Waals surface area contributed by atoms with Gasteiger partial charge in [0.05, 0.1) is 5.60 Å². The van der Waals surface area contributed by atoms with Gasteiger partial charge in [-0.05, 0) is 52.0 Å². The molecule has 2 atom stereocenters. The van der Waals surface area contributed by atoms with Crippen LogP contribution < -0.4 is 5.32 Å². The first-order chi connectivity index (χ1) is 9.07. The smallest absolute Gasteiger partial charge is 0.222 e. The third kappa shape index (κ3) is 4.77. The van der Waals surface area contributed by atoms with Crippen LogP contribution >= 0.6 is 0 Å². The zero-order valence-electron chi connectivity index (χ0n) is 12.2. The van der Waals surface area contributed by atoms with Gasteiger partial charge in [-0.25, -0.2) is 0 Å². The van der Waals surface area contributed by atoms with Gasteiger partial charge in [-0.15, -0.1) is 0 Å². The van der Waals surface area contributed by atoms with E-state index in [1.807, 2.05) is 11.8 Å². The number of likely N-dealkylation sites (tertiary alicyclic amines) is 1. The molecule has 4 nitrogen and oxygen atoms in total. The van der Waals surface area contributed by atoms with E-state index in [1.165, 1.54) is 19.3 Å². The molecule has 2 N–H and O–H groups in total. The normalized spacial score (nSPS) is 32.9. The molecule has 0 aromatic carbocycles. The molecule has 0 aromatic rings. The van der Waals surface area contributed by atoms with E-state index >= 15 is 0 Å². The molecular formula is C15H28N2O2. The van der Waals surface area contributed by atoms with Gasteiger partial charge in [0.1, 0.15) is 0 Å². The molecule has 2 heterocycles. The molecule has 19 heavy (non-hydrogen) atoms. The lowest BCUT2D eigenvalue weighted by Gasteiger charge is -2.26. The molecule has 2 fully saturated rings. The molecule has 2 unspecified atom stereocenters. The monoisotopic (exact) mass is 268 g/mol. The zero-order chi connectivity index (χ0) is 13.7. The number of nitrogens with zero attached hydrogens (tertiary/aromatic N) is 1. The summed E-state index contributed by atoms with van der Waals surface area (Å²) in [5.41, 5.74) is -0.583. The molecule has 0 spiro atoms. The Morgan fingerprint density at radius 3 is 2.89 bits per heavy atom. The molecule has 0 radical (unpaired) electrons. The summed E-state index contributed by atoms with van der Waals surface area (Å²) in [6, 6.07) is 0.535. The zero-order valence-corrected chi connectivity index (χ0v) is 12.2. The molecule has 110 valence electrons. The van der Waals surface area contributed by atoms with Crippen LogP contribution in [0.15, 0.2) is 0 Å². The first-order valence-corrected chi connectivity index (χ1v) is 7.80. The third-order valence-corrected chi connectivity index (χ3v) is 4.54. The maximum atomic E-state index is 12.2. The predicted molar refractivity (Wildman–Crippen MR) is 75.9 cm³/mol. The fourth-order valence-electron chi connectivity index (χ4n) is 3.14. The van der Waals surface area contributed by atoms with Gasteiger partial charge >= 0.3 is 0 Å². The number of hydrogen-bond acceptors (Lipinski definition) is 3. The molecule has 1 amide bonds. The summed E-state index contributed by atoms with van der Waals surface area (Å²) in [5.74, 6) is 0.269. The lowest BCUT2D eigenvalue weighted by atomic mass is 9.98. The Labute approximate surface area is 116 Å². The molecule has 2 saturated heterocycles. The molecule has 0 bridgehead atoms. The maximum Gasteiger partial charge on any atom is 0.222 e. The fourth-order valence-corrected chi connectivity index (χ4v) is 3.14. The van der Waals surface area contributed by atoms with E-state index in [0.717, 1.165) is 32.4 Å². The van der Waals surface area contributed by atoms with Gasteiger partial charge in [-0.3, -0.25) is 4.79 Å². The Balaban J connectivity index is 1.73. The van der Waals surface area contributed by atoms with Crippen molar-refractivity contribution in [3.8, 4) is 0 Å². The van der Waals surface area contributed by atoms with Crippen molar-refractivity contribution in [3.63, 3.8) is 0 Å². The number of aliphatic hydroxyl groups is 1. The van der Waals surface area contributed by atoms with Crippen molar-refractivity contribution in [3.05, 3.63) is 0 Å². The minimum absolute atomic E-state index is 0.269. The summed E-state index contributed by atoms with van der Waals surface area (Å²) in [6.45, 7) is 4.51. The van der Waals surface area contributed by atoms with Crippen LogP contribution in [0.1, 0.15) is 58.3 Å². The van der Waals surface area contributed by atoms with Crippen LogP contribution in [0.2, 0.25) is 0 Å². The first kappa shape index (κ1) is 14.8. The van der Waals surface area contributed by atoms with E-state index in [0.29, 0.717) is 25.4 Å². The minimum Gasteiger partial charge on any atom is -0.390 e. The number of piperidine rings is 1. The third-order valence-electron chi connectivity index (χ3n) is 4.54. The van der Waals surface area contributed by atoms with Crippen LogP contribution in [0.5, 0.6) is 0 Å². The number of amides is 1. The molecule has 2 aliphatic rings. The Bertz CT molecular complexity index is 299. The Kier molecular flexibility index (Phi) is 5.22. The van der Waals surface area contributed by atoms with Crippen molar-refractivity contribution in [2.45, 2.75) is 69.9 Å². The van der Waals surface area contributed by atoms with E-state index in [-0.39, 0.29) is 5.91 Å². The van der Waals surface area contributed by atoms with Crippen LogP contribution in [0, 0.1) is 0 Å². The molecular weight excluding hydrogens is 240 g/mol. The van der Waals surface area contributed by atoms with Crippen molar-refractivity contribution in [1.29, 1.82) is 0 Å². The van der Waals surface area contributed by atoms with Crippen molar-refractivity contribution in [1.82, 2.24) is 10.2 Å². The van der Waals surface area contributed by atoms with Gasteiger partial charge in [-0.1, -0.05) is 6.42 Å². The van der Waals surface area contributed by atoms with E-state index in [1.54, 1.807) is 0 Å². The molecule has 2 aliphatic heterocycles. The summed E-state index contributed by atoms with van der Waals surface area (Å²) >= 11 is 0. The number of hydrogen-bond donors (Lipinski definition) is 2. The highest BCUT2D eigenvalue weighted by Gasteiger charge is 2.27. The van der Waals surface area contributed by atoms with Crippen molar-refractivity contribution >= 4 is 5.91 Å². The highest BCUT2D eigenvalue weighted by molar-refractivity contribution is 5.76. The average Bonchev–Trinajstić information content (AvgIpc) is 2.58. The van der Waals surface area contributed by atoms with Crippen LogP contribution in [0.4, 0.5) is 0 Å². The number of carbonyl (C=O) groups is 1. The Morgan fingerprint density at radius 2 is 2.16 bits per heavy atom. The summed E-state index contributed by atoms with van der Waals surface area (Å²) in [6.07, 6.45) is 7.82. The predicted octanol–water partition coefficient (Wildman–Crippen LogP) is 1.67. The second-order valence-corrected chi connectivity index (χ2v) is 6.42. The summed E-state index contributed by atoms with van der Waals surface area (Å²) in [4.78, 5) is 14.2. The topological polar surface area (TPSA) is 52.6 Å². The minimum atomic E-state index is -0.583. The second kappa shape index (κ2) is 6.71. The molecule has 0 aliphatic carbocycles. The highest BCUT2D eigenvalue weighted by Crippen LogP contribution is 2.22. The van der Waals surface area contributed by atoms with Gasteiger partial charge in [-0.2, -0.15) is 0 Å². The van der Waals surface area contributed by atoms with E-state index in [2.05, 4.69) is 5.32 Å². The summed E-state index contributed by atoms with van der Waals surface area (Å²) in [5, 5.41) is 13.5. The standard InChI is InChI=1S/C15H28N2O2/c1-15(19)8-4-11-17(12-9-15)14(18)7-6-13-5-2-3-10-16-13/h13,16,19H,2-12H2,1H3. The van der Waals surface area contributed by atoms with Crippen molar-refractivity contribution in [2.75, 3.05) is 19.6 Å². The van der Waals surface area contributed by atoms with Gasteiger partial charge < -0.3 is 15.3 Å². The average molecular weight is 268 g/mol. The Hall–Kier alpha value is -0.610. The summed E-state index contributed by atoms with van der Waals surface area (Å²) in [7, 11) is 0. The van der Waals surface area contributed by atoms with Crippen LogP contribution in [0.25, 0.3) is 0 Å². The van der Waals surface area contributed by atoms with Crippen LogP contribution in [0.3, 0.4) is 0 Å². The van der Waals surface area contributed by atoms with Gasteiger partial charge in [0.2, 0.25) is 5.91 Å². The van der Waals surface area contributed by atoms with Gasteiger partial charge in [0, 0.05) is 25.6 Å². The lowest BCUT2D eigenvalue weighted by molar-refractivity contribution is -0.131. The van der Waals surface area contributed by atoms with Gasteiger partial charge in [0.15, 0.2) is 0 Å². The fraction of sp³-hybridized carbons (Fsp3) is 0.933. The molecule has 4 heteroatoms. The van der Waals surface area contributed by atoms with E-state index < -0.39 is 5.60 Å². The first-order valence-electron chi connectivity index (χ1n) is 7.80. The quantitative estimate of drug-likeness (QED) is 0.818. The highest BCUT2D eigenvalue weighted by atomic mass is 16.3. The van der Waals surface area contributed by atoms with Gasteiger partial charge in [0.25, 0.3) is 0 Å². The lowest BCUT2D eigenvalue weighted by Crippen LogP contribution is -2.37. The van der Waals surface area contributed by atoms with Crippen molar-refractivity contribution in [2.24, 2.45) is 0 Å². The SMILES string of the molecule is CC1(O)CCCN(C(=O)CCC2CCCCN2)CC1. The Morgan fingerprint density at radius 1 is 1.32 bits per heavy atom. The van der Waals surface area contributed by atoms with Crippen molar-refractivity contribution < 1.29 is 9.90 Å².